The van der Waals surface area contributed by atoms with Gasteiger partial charge in [-0.15, -0.1) is 0 Å². The average Bonchev–Trinajstić information content (AvgIpc) is 2.37. The molecule has 5 heteroatoms. The molecule has 0 saturated carbocycles. The lowest BCUT2D eigenvalue weighted by atomic mass is 10.2. The maximum absolute atomic E-state index is 10.8. The van der Waals surface area contributed by atoms with E-state index in [1.165, 1.54) is 0 Å². The summed E-state index contributed by atoms with van der Waals surface area (Å²) in [6.45, 7) is 1.62. The zero-order valence-corrected chi connectivity index (χ0v) is 8.36. The second kappa shape index (κ2) is 3.55. The van der Waals surface area contributed by atoms with Crippen molar-refractivity contribution in [2.45, 2.75) is 18.6 Å². The van der Waals surface area contributed by atoms with Crippen molar-refractivity contribution in [2.24, 2.45) is 5.14 Å². The molecule has 0 bridgehead atoms. The molecule has 1 heterocycles. The van der Waals surface area contributed by atoms with Gasteiger partial charge >= 0.3 is 0 Å². The van der Waals surface area contributed by atoms with Gasteiger partial charge in [-0.1, -0.05) is 0 Å². The van der Waals surface area contributed by atoms with Crippen molar-refractivity contribution in [3.63, 3.8) is 0 Å². The number of primary sulfonamides is 1. The largest absolute Gasteiger partial charge is 0.228 e. The molecule has 68 valence electrons. The van der Waals surface area contributed by atoms with Crippen LogP contribution in [0.4, 0.5) is 0 Å². The Labute approximate surface area is 76.3 Å². The third kappa shape index (κ3) is 2.58. The topological polar surface area (TPSA) is 60.2 Å². The lowest BCUT2D eigenvalue weighted by molar-refractivity contribution is 0.584. The zero-order chi connectivity index (χ0) is 9.19. The quantitative estimate of drug-likeness (QED) is 0.799. The number of nitrogens with two attached hydrogens (primary N) is 1. The summed E-state index contributed by atoms with van der Waals surface area (Å²) in [5.74, 6) is 0. The molecule has 1 aromatic heterocycles. The molecule has 0 amide bonds. The van der Waals surface area contributed by atoms with Crippen LogP contribution in [-0.2, 0) is 16.4 Å². The third-order valence-corrected chi connectivity index (χ3v) is 3.68. The van der Waals surface area contributed by atoms with Crippen LogP contribution in [0.2, 0.25) is 0 Å². The van der Waals surface area contributed by atoms with Gasteiger partial charge in [0.2, 0.25) is 10.0 Å². The van der Waals surface area contributed by atoms with Crippen molar-refractivity contribution in [3.05, 3.63) is 22.4 Å². The molecule has 1 atom stereocenters. The Morgan fingerprint density at radius 1 is 1.67 bits per heavy atom. The van der Waals surface area contributed by atoms with Gasteiger partial charge in [-0.3, -0.25) is 0 Å². The lowest BCUT2D eigenvalue weighted by Crippen LogP contribution is -2.27. The van der Waals surface area contributed by atoms with Crippen LogP contribution >= 0.6 is 11.3 Å². The first-order valence-electron chi connectivity index (χ1n) is 3.53. The minimum absolute atomic E-state index is 0.493. The van der Waals surface area contributed by atoms with Gasteiger partial charge in [0.1, 0.15) is 0 Å². The molecule has 0 radical (unpaired) electrons. The van der Waals surface area contributed by atoms with Crippen molar-refractivity contribution >= 4 is 21.4 Å². The van der Waals surface area contributed by atoms with E-state index >= 15 is 0 Å². The predicted octanol–water partition coefficient (Wildman–Crippen LogP) is 0.968. The Hall–Kier alpha value is -0.390. The molecule has 0 aliphatic carbocycles. The van der Waals surface area contributed by atoms with E-state index in [1.54, 1.807) is 18.3 Å². The summed E-state index contributed by atoms with van der Waals surface area (Å²) >= 11 is 1.56. The molecule has 1 rings (SSSR count). The third-order valence-electron chi connectivity index (χ3n) is 1.66. The van der Waals surface area contributed by atoms with E-state index in [4.69, 9.17) is 5.14 Å². The number of rotatable bonds is 3. The highest BCUT2D eigenvalue weighted by Crippen LogP contribution is 2.11. The Morgan fingerprint density at radius 2 is 2.33 bits per heavy atom. The van der Waals surface area contributed by atoms with Gasteiger partial charge < -0.3 is 0 Å². The smallest absolute Gasteiger partial charge is 0.212 e. The van der Waals surface area contributed by atoms with Crippen LogP contribution in [0, 0.1) is 0 Å². The highest BCUT2D eigenvalue weighted by atomic mass is 32.2. The Morgan fingerprint density at radius 3 is 2.75 bits per heavy atom. The van der Waals surface area contributed by atoms with Crippen molar-refractivity contribution in [3.8, 4) is 0 Å². The zero-order valence-electron chi connectivity index (χ0n) is 6.73. The van der Waals surface area contributed by atoms with Crippen molar-refractivity contribution in [1.82, 2.24) is 0 Å². The van der Waals surface area contributed by atoms with Crippen LogP contribution in [0.15, 0.2) is 16.8 Å². The molecule has 3 nitrogen and oxygen atoms in total. The summed E-state index contributed by atoms with van der Waals surface area (Å²) in [5.41, 5.74) is 1.03. The van der Waals surface area contributed by atoms with E-state index in [0.29, 0.717) is 6.42 Å². The second-order valence-corrected chi connectivity index (χ2v) is 5.50. The van der Waals surface area contributed by atoms with Crippen molar-refractivity contribution in [2.75, 3.05) is 0 Å². The Balaban J connectivity index is 2.66. The van der Waals surface area contributed by atoms with Crippen LogP contribution in [0.25, 0.3) is 0 Å². The molecule has 0 aromatic carbocycles. The molecule has 0 fully saturated rings. The van der Waals surface area contributed by atoms with Crippen LogP contribution in [0.1, 0.15) is 12.5 Å². The molecule has 12 heavy (non-hydrogen) atoms. The summed E-state index contributed by atoms with van der Waals surface area (Å²) in [4.78, 5) is 0. The fraction of sp³-hybridized carbons (Fsp3) is 0.429. The summed E-state index contributed by atoms with van der Waals surface area (Å²) in [6, 6.07) is 1.91. The van der Waals surface area contributed by atoms with E-state index < -0.39 is 15.3 Å². The summed E-state index contributed by atoms with van der Waals surface area (Å²) in [5, 5.41) is 8.33. The van der Waals surface area contributed by atoms with Gasteiger partial charge in [0.25, 0.3) is 0 Å². The number of hydrogen-bond acceptors (Lipinski definition) is 3. The number of sulfonamides is 1. The maximum Gasteiger partial charge on any atom is 0.212 e. The highest BCUT2D eigenvalue weighted by molar-refractivity contribution is 7.89. The fourth-order valence-corrected chi connectivity index (χ4v) is 1.96. The molecule has 2 N–H and O–H groups in total. The minimum Gasteiger partial charge on any atom is -0.228 e. The molecule has 1 unspecified atom stereocenters. The van der Waals surface area contributed by atoms with E-state index in [9.17, 15) is 8.42 Å². The minimum atomic E-state index is -3.37. The van der Waals surface area contributed by atoms with Gasteiger partial charge in [0.15, 0.2) is 0 Å². The van der Waals surface area contributed by atoms with Crippen LogP contribution < -0.4 is 5.14 Å². The van der Waals surface area contributed by atoms with Gasteiger partial charge in [-0.25, -0.2) is 13.6 Å². The van der Waals surface area contributed by atoms with Crippen LogP contribution in [0.5, 0.6) is 0 Å². The maximum atomic E-state index is 10.8. The first-order valence-corrected chi connectivity index (χ1v) is 6.08. The summed E-state index contributed by atoms with van der Waals surface area (Å²) in [7, 11) is -3.37. The second-order valence-electron chi connectivity index (χ2n) is 2.74. The number of thiophene rings is 1. The van der Waals surface area contributed by atoms with E-state index in [-0.39, 0.29) is 0 Å². The van der Waals surface area contributed by atoms with E-state index in [1.807, 2.05) is 16.8 Å². The summed E-state index contributed by atoms with van der Waals surface area (Å²) in [6.07, 6.45) is 0.502. The molecule has 1 aromatic rings. The SMILES string of the molecule is CC(Cc1ccsc1)S(N)(=O)=O. The predicted molar refractivity (Wildman–Crippen MR) is 50.6 cm³/mol. The molecular weight excluding hydrogens is 194 g/mol. The molecule has 0 aliphatic heterocycles. The summed E-state index contributed by atoms with van der Waals surface area (Å²) < 4.78 is 21.7. The lowest BCUT2D eigenvalue weighted by Gasteiger charge is -2.06. The normalized spacial score (nSPS) is 14.5. The average molecular weight is 205 g/mol. The van der Waals surface area contributed by atoms with E-state index in [0.717, 1.165) is 5.56 Å². The number of hydrogen-bond donors (Lipinski definition) is 1. The highest BCUT2D eigenvalue weighted by Gasteiger charge is 2.15. The molecular formula is C7H11NO2S2. The standard InChI is InChI=1S/C7H11NO2S2/c1-6(12(8,9)10)4-7-2-3-11-5-7/h2-3,5-6H,4H2,1H3,(H2,8,9,10). The van der Waals surface area contributed by atoms with E-state index in [2.05, 4.69) is 0 Å². The first-order chi connectivity index (χ1) is 5.50. The van der Waals surface area contributed by atoms with Crippen molar-refractivity contribution < 1.29 is 8.42 Å². The van der Waals surface area contributed by atoms with Crippen LogP contribution in [0.3, 0.4) is 0 Å². The molecule has 0 spiro atoms. The molecule has 0 saturated heterocycles. The van der Waals surface area contributed by atoms with Gasteiger partial charge in [-0.2, -0.15) is 11.3 Å². The van der Waals surface area contributed by atoms with Crippen LogP contribution in [-0.4, -0.2) is 13.7 Å². The van der Waals surface area contributed by atoms with Gasteiger partial charge in [0.05, 0.1) is 5.25 Å². The van der Waals surface area contributed by atoms with Gasteiger partial charge in [0, 0.05) is 0 Å². The monoisotopic (exact) mass is 205 g/mol. The van der Waals surface area contributed by atoms with Gasteiger partial charge in [-0.05, 0) is 35.7 Å². The Kier molecular flexibility index (Phi) is 2.87. The fourth-order valence-electron chi connectivity index (χ4n) is 0.857. The Bertz CT molecular complexity index is 328. The molecule has 0 aliphatic rings. The first kappa shape index (κ1) is 9.70. The van der Waals surface area contributed by atoms with Crippen molar-refractivity contribution in [1.29, 1.82) is 0 Å².